The Morgan fingerprint density at radius 3 is 2.65 bits per heavy atom. The van der Waals surface area contributed by atoms with Gasteiger partial charge in [-0.3, -0.25) is 0 Å². The molecule has 0 atom stereocenters. The summed E-state index contributed by atoms with van der Waals surface area (Å²) >= 11 is 1.32. The largest absolute Gasteiger partial charge is 0.478 e. The van der Waals surface area contributed by atoms with Crippen LogP contribution in [0.25, 0.3) is 0 Å². The first-order valence-corrected chi connectivity index (χ1v) is 7.17. The van der Waals surface area contributed by atoms with E-state index in [4.69, 9.17) is 5.11 Å². The molecule has 0 saturated heterocycles. The maximum atomic E-state index is 13.7. The molecule has 2 nitrogen and oxygen atoms in total. The second-order valence-corrected chi connectivity index (χ2v) is 5.69. The molecule has 2 aromatic carbocycles. The molecular weight excluding hydrogens is 275 g/mol. The monoisotopic (exact) mass is 290 g/mol. The Bertz CT molecular complexity index is 653. The van der Waals surface area contributed by atoms with Crippen LogP contribution in [0.4, 0.5) is 4.39 Å². The SMILES string of the molecule is Cc1ccc(C)c(CSc2cc(C(=O)O)ccc2F)c1. The van der Waals surface area contributed by atoms with E-state index in [-0.39, 0.29) is 11.4 Å². The molecule has 0 heterocycles. The lowest BCUT2D eigenvalue weighted by Gasteiger charge is -2.08. The van der Waals surface area contributed by atoms with Gasteiger partial charge in [-0.1, -0.05) is 23.8 Å². The van der Waals surface area contributed by atoms with E-state index in [0.717, 1.165) is 16.7 Å². The van der Waals surface area contributed by atoms with Crippen molar-refractivity contribution in [3.8, 4) is 0 Å². The number of aryl methyl sites for hydroxylation is 2. The Morgan fingerprint density at radius 2 is 1.95 bits per heavy atom. The maximum Gasteiger partial charge on any atom is 0.335 e. The molecule has 0 bridgehead atoms. The molecule has 0 unspecified atom stereocenters. The zero-order valence-corrected chi connectivity index (χ0v) is 12.1. The molecular formula is C16H15FO2S. The molecule has 0 radical (unpaired) electrons. The van der Waals surface area contributed by atoms with Crippen molar-refractivity contribution < 1.29 is 14.3 Å². The minimum atomic E-state index is -1.04. The van der Waals surface area contributed by atoms with Crippen LogP contribution in [-0.4, -0.2) is 11.1 Å². The van der Waals surface area contributed by atoms with E-state index in [1.54, 1.807) is 0 Å². The van der Waals surface area contributed by atoms with Gasteiger partial charge < -0.3 is 5.11 Å². The number of carbonyl (C=O) groups is 1. The highest BCUT2D eigenvalue weighted by molar-refractivity contribution is 7.98. The van der Waals surface area contributed by atoms with Crippen molar-refractivity contribution in [2.45, 2.75) is 24.5 Å². The van der Waals surface area contributed by atoms with Crippen LogP contribution in [0.3, 0.4) is 0 Å². The van der Waals surface area contributed by atoms with Crippen LogP contribution in [0.15, 0.2) is 41.3 Å². The fourth-order valence-corrected chi connectivity index (χ4v) is 2.90. The van der Waals surface area contributed by atoms with Crippen molar-refractivity contribution in [3.05, 3.63) is 64.5 Å². The van der Waals surface area contributed by atoms with E-state index >= 15 is 0 Å². The van der Waals surface area contributed by atoms with E-state index in [2.05, 4.69) is 6.07 Å². The first-order chi connectivity index (χ1) is 9.47. The van der Waals surface area contributed by atoms with Crippen molar-refractivity contribution in [2.75, 3.05) is 0 Å². The summed E-state index contributed by atoms with van der Waals surface area (Å²) in [6.45, 7) is 4.03. The van der Waals surface area contributed by atoms with Crippen LogP contribution in [0.1, 0.15) is 27.0 Å². The first kappa shape index (κ1) is 14.6. The van der Waals surface area contributed by atoms with Crippen molar-refractivity contribution in [2.24, 2.45) is 0 Å². The van der Waals surface area contributed by atoms with Gasteiger partial charge in [0.25, 0.3) is 0 Å². The second-order valence-electron chi connectivity index (χ2n) is 4.67. The van der Waals surface area contributed by atoms with E-state index in [9.17, 15) is 9.18 Å². The highest BCUT2D eigenvalue weighted by Crippen LogP contribution is 2.28. The van der Waals surface area contributed by atoms with Gasteiger partial charge in [0.2, 0.25) is 0 Å². The summed E-state index contributed by atoms with van der Waals surface area (Å²) in [6.07, 6.45) is 0. The topological polar surface area (TPSA) is 37.3 Å². The number of thioether (sulfide) groups is 1. The van der Waals surface area contributed by atoms with E-state index < -0.39 is 5.97 Å². The number of rotatable bonds is 4. The molecule has 0 aliphatic carbocycles. The van der Waals surface area contributed by atoms with Crippen LogP contribution in [0, 0.1) is 19.7 Å². The summed E-state index contributed by atoms with van der Waals surface area (Å²) in [5.74, 6) is -0.808. The Hall–Kier alpha value is -1.81. The van der Waals surface area contributed by atoms with E-state index in [1.165, 1.54) is 30.0 Å². The van der Waals surface area contributed by atoms with Gasteiger partial charge in [-0.25, -0.2) is 9.18 Å². The molecule has 0 aliphatic heterocycles. The quantitative estimate of drug-likeness (QED) is 0.846. The maximum absolute atomic E-state index is 13.7. The predicted octanol–water partition coefficient (Wildman–Crippen LogP) is 4.43. The standard InChI is InChI=1S/C16H15FO2S/c1-10-3-4-11(2)13(7-10)9-20-15-8-12(16(18)19)5-6-14(15)17/h3-8H,9H2,1-2H3,(H,18,19). The summed E-state index contributed by atoms with van der Waals surface area (Å²) in [4.78, 5) is 11.3. The van der Waals surface area contributed by atoms with Crippen molar-refractivity contribution in [1.29, 1.82) is 0 Å². The normalized spacial score (nSPS) is 10.6. The van der Waals surface area contributed by atoms with Gasteiger partial charge in [0, 0.05) is 10.6 Å². The van der Waals surface area contributed by atoms with Crippen LogP contribution in [0.2, 0.25) is 0 Å². The van der Waals surface area contributed by atoms with Crippen LogP contribution in [-0.2, 0) is 5.75 Å². The number of carboxylic acid groups (broad SMARTS) is 1. The summed E-state index contributed by atoms with van der Waals surface area (Å²) < 4.78 is 13.7. The summed E-state index contributed by atoms with van der Waals surface area (Å²) in [6, 6.07) is 10.0. The first-order valence-electron chi connectivity index (χ1n) is 6.19. The minimum Gasteiger partial charge on any atom is -0.478 e. The van der Waals surface area contributed by atoms with Crippen molar-refractivity contribution in [1.82, 2.24) is 0 Å². The van der Waals surface area contributed by atoms with Crippen LogP contribution in [0.5, 0.6) is 0 Å². The molecule has 20 heavy (non-hydrogen) atoms. The van der Waals surface area contributed by atoms with Crippen molar-refractivity contribution >= 4 is 17.7 Å². The molecule has 0 fully saturated rings. The number of hydrogen-bond acceptors (Lipinski definition) is 2. The molecule has 4 heteroatoms. The van der Waals surface area contributed by atoms with E-state index in [0.29, 0.717) is 10.6 Å². The number of aromatic carboxylic acids is 1. The van der Waals surface area contributed by atoms with E-state index in [1.807, 2.05) is 26.0 Å². The van der Waals surface area contributed by atoms with Crippen molar-refractivity contribution in [3.63, 3.8) is 0 Å². The number of benzene rings is 2. The van der Waals surface area contributed by atoms with Gasteiger partial charge in [-0.15, -0.1) is 11.8 Å². The zero-order chi connectivity index (χ0) is 14.7. The van der Waals surface area contributed by atoms with Gasteiger partial charge in [-0.05, 0) is 43.2 Å². The third-order valence-corrected chi connectivity index (χ3v) is 4.15. The van der Waals surface area contributed by atoms with Gasteiger partial charge in [-0.2, -0.15) is 0 Å². The molecule has 0 saturated carbocycles. The lowest BCUT2D eigenvalue weighted by molar-refractivity contribution is 0.0696. The lowest BCUT2D eigenvalue weighted by Crippen LogP contribution is -1.97. The van der Waals surface area contributed by atoms with Gasteiger partial charge in [0.1, 0.15) is 5.82 Å². The van der Waals surface area contributed by atoms with Gasteiger partial charge >= 0.3 is 5.97 Å². The Kier molecular flexibility index (Phi) is 4.45. The number of carboxylic acids is 1. The molecule has 104 valence electrons. The number of halogens is 1. The Balaban J connectivity index is 2.20. The molecule has 2 aromatic rings. The summed E-state index contributed by atoms with van der Waals surface area (Å²) in [5.41, 5.74) is 3.55. The smallest absolute Gasteiger partial charge is 0.335 e. The van der Waals surface area contributed by atoms with Gasteiger partial charge in [0.05, 0.1) is 5.56 Å². The minimum absolute atomic E-state index is 0.106. The zero-order valence-electron chi connectivity index (χ0n) is 11.3. The van der Waals surface area contributed by atoms with Crippen LogP contribution >= 0.6 is 11.8 Å². The predicted molar refractivity (Wildman–Crippen MR) is 78.8 cm³/mol. The third kappa shape index (κ3) is 3.39. The fourth-order valence-electron chi connectivity index (χ4n) is 1.86. The molecule has 2 rings (SSSR count). The Morgan fingerprint density at radius 1 is 1.20 bits per heavy atom. The van der Waals surface area contributed by atoms with Gasteiger partial charge in [0.15, 0.2) is 0 Å². The number of hydrogen-bond donors (Lipinski definition) is 1. The molecule has 0 aliphatic rings. The average molecular weight is 290 g/mol. The third-order valence-electron chi connectivity index (χ3n) is 3.07. The summed E-state index contributed by atoms with van der Waals surface area (Å²) in [5, 5.41) is 8.93. The molecule has 0 spiro atoms. The molecule has 1 N–H and O–H groups in total. The summed E-state index contributed by atoms with van der Waals surface area (Å²) in [7, 11) is 0. The molecule has 0 amide bonds. The highest BCUT2D eigenvalue weighted by atomic mass is 32.2. The Labute approximate surface area is 121 Å². The van der Waals surface area contributed by atoms with Crippen LogP contribution < -0.4 is 0 Å². The average Bonchev–Trinajstić information content (AvgIpc) is 2.41. The highest BCUT2D eigenvalue weighted by Gasteiger charge is 2.09. The fraction of sp³-hybridized carbons (Fsp3) is 0.188. The second kappa shape index (κ2) is 6.09. The molecule has 0 aromatic heterocycles. The lowest BCUT2D eigenvalue weighted by atomic mass is 10.1.